The lowest BCUT2D eigenvalue weighted by Gasteiger charge is -2.72. The first-order chi connectivity index (χ1) is 36.8. The molecule has 0 amide bonds. The fourth-order valence-electron chi connectivity index (χ4n) is 16.8. The molecule has 8 fully saturated rings. The smallest absolute Gasteiger partial charge is 0.335 e. The van der Waals surface area contributed by atoms with E-state index in [9.17, 15) is 86.5 Å². The number of allylic oxidation sites excluding steroid dienone is 2. The summed E-state index contributed by atoms with van der Waals surface area (Å²) in [6.45, 7) is 13.6. The molecule has 16 N–H and O–H groups in total. The number of rotatable bonds is 12. The van der Waals surface area contributed by atoms with Gasteiger partial charge in [0.25, 0.3) is 0 Å². The summed E-state index contributed by atoms with van der Waals surface area (Å²) in [5, 5.41) is 177. The van der Waals surface area contributed by atoms with Crippen LogP contribution in [0.2, 0.25) is 0 Å². The highest BCUT2D eigenvalue weighted by molar-refractivity contribution is 5.73. The van der Waals surface area contributed by atoms with Crippen LogP contribution in [0, 0.1) is 50.2 Å². The highest BCUT2D eigenvalue weighted by atomic mass is 16.8. The first-order valence-electron chi connectivity index (χ1n) is 28.0. The van der Waals surface area contributed by atoms with Gasteiger partial charge >= 0.3 is 5.97 Å². The summed E-state index contributed by atoms with van der Waals surface area (Å²) in [4.78, 5) is 13.1. The van der Waals surface area contributed by atoms with Crippen LogP contribution in [0.1, 0.15) is 100 Å². The van der Waals surface area contributed by atoms with Crippen LogP contribution < -0.4 is 0 Å². The van der Waals surface area contributed by atoms with E-state index in [0.29, 0.717) is 38.5 Å². The second kappa shape index (κ2) is 22.0. The van der Waals surface area contributed by atoms with Gasteiger partial charge in [-0.15, -0.1) is 0 Å². The molecule has 9 rings (SSSR count). The van der Waals surface area contributed by atoms with Crippen molar-refractivity contribution in [3.8, 4) is 0 Å². The summed E-state index contributed by atoms with van der Waals surface area (Å²) in [6, 6.07) is 0. The van der Waals surface area contributed by atoms with Crippen LogP contribution in [-0.4, -0.2) is 255 Å². The molecule has 31 atom stereocenters. The van der Waals surface area contributed by atoms with Crippen molar-refractivity contribution in [1.29, 1.82) is 0 Å². The van der Waals surface area contributed by atoms with Crippen LogP contribution >= 0.6 is 0 Å². The van der Waals surface area contributed by atoms with Gasteiger partial charge in [0.15, 0.2) is 31.3 Å². The first-order valence-corrected chi connectivity index (χ1v) is 28.0. The second-order valence-corrected chi connectivity index (χ2v) is 26.5. The Labute approximate surface area is 458 Å². The zero-order valence-corrected chi connectivity index (χ0v) is 46.1. The van der Waals surface area contributed by atoms with Gasteiger partial charge in [0.2, 0.25) is 0 Å². The molecule has 5 aliphatic carbocycles. The van der Waals surface area contributed by atoms with Crippen LogP contribution in [-0.2, 0) is 42.7 Å². The molecule has 454 valence electrons. The van der Waals surface area contributed by atoms with E-state index < -0.39 is 211 Å². The number of carbonyl (C=O) groups is 1. The third-order valence-corrected chi connectivity index (χ3v) is 21.8. The lowest BCUT2D eigenvalue weighted by molar-refractivity contribution is -0.406. The van der Waals surface area contributed by atoms with E-state index in [-0.39, 0.29) is 18.3 Å². The minimum Gasteiger partial charge on any atom is -0.479 e. The summed E-state index contributed by atoms with van der Waals surface area (Å²) < 4.78 is 48.9. The number of hydrogen-bond acceptors (Lipinski definition) is 24. The fourth-order valence-corrected chi connectivity index (χ4v) is 16.8. The Bertz CT molecular complexity index is 2200. The molecule has 79 heavy (non-hydrogen) atoms. The van der Waals surface area contributed by atoms with E-state index in [1.807, 2.05) is 27.7 Å². The van der Waals surface area contributed by atoms with Crippen molar-refractivity contribution < 1.29 is 124 Å². The van der Waals surface area contributed by atoms with E-state index in [1.54, 1.807) is 0 Å². The number of hydrogen-bond donors (Lipinski definition) is 16. The van der Waals surface area contributed by atoms with Crippen molar-refractivity contribution >= 4 is 5.97 Å². The van der Waals surface area contributed by atoms with E-state index in [4.69, 9.17) is 37.9 Å². The number of aliphatic carboxylic acids is 1. The van der Waals surface area contributed by atoms with Gasteiger partial charge in [-0.1, -0.05) is 60.1 Å². The molecular weight excluding hydrogens is 1050 g/mol. The zero-order chi connectivity index (χ0) is 58.2. The molecule has 25 heteroatoms. The molecule has 4 aliphatic heterocycles. The van der Waals surface area contributed by atoms with Crippen molar-refractivity contribution in [1.82, 2.24) is 0 Å². The summed E-state index contributed by atoms with van der Waals surface area (Å²) in [5.41, 5.74) is -3.17. The van der Waals surface area contributed by atoms with Gasteiger partial charge < -0.3 is 120 Å². The molecule has 0 aromatic heterocycles. The summed E-state index contributed by atoms with van der Waals surface area (Å²) in [7, 11) is 0. The highest BCUT2D eigenvalue weighted by Gasteiger charge is 2.73. The van der Waals surface area contributed by atoms with E-state index in [0.717, 1.165) is 5.57 Å². The predicted molar refractivity (Wildman–Crippen MR) is 266 cm³/mol. The van der Waals surface area contributed by atoms with Crippen molar-refractivity contribution in [2.75, 3.05) is 19.8 Å². The summed E-state index contributed by atoms with van der Waals surface area (Å²) in [5.74, 6) is -2.19. The molecule has 0 radical (unpaired) electrons. The van der Waals surface area contributed by atoms with Crippen molar-refractivity contribution in [2.24, 2.45) is 50.2 Å². The molecule has 0 unspecified atom stereocenters. The van der Waals surface area contributed by atoms with Gasteiger partial charge in [0, 0.05) is 0 Å². The van der Waals surface area contributed by atoms with Crippen LogP contribution in [0.4, 0.5) is 0 Å². The molecule has 4 saturated carbocycles. The van der Waals surface area contributed by atoms with Crippen molar-refractivity contribution in [2.45, 2.75) is 248 Å². The molecular formula is C54H88O25. The van der Waals surface area contributed by atoms with Gasteiger partial charge in [0.1, 0.15) is 85.5 Å². The second-order valence-electron chi connectivity index (χ2n) is 26.5. The topological polar surface area (TPSA) is 415 Å². The fraction of sp³-hybridized carbons (Fsp3) is 0.944. The monoisotopic (exact) mass is 1140 g/mol. The molecule has 0 spiro atoms. The molecule has 4 heterocycles. The lowest BCUT2D eigenvalue weighted by atomic mass is 9.33. The molecule has 0 bridgehead atoms. The number of aliphatic hydroxyl groups is 15. The van der Waals surface area contributed by atoms with E-state index in [1.165, 1.54) is 6.92 Å². The molecule has 0 aromatic carbocycles. The van der Waals surface area contributed by atoms with Gasteiger partial charge in [-0.25, -0.2) is 4.79 Å². The number of ether oxygens (including phenoxy) is 8. The largest absolute Gasteiger partial charge is 0.479 e. The summed E-state index contributed by atoms with van der Waals surface area (Å²) >= 11 is 0. The van der Waals surface area contributed by atoms with Crippen molar-refractivity contribution in [3.63, 3.8) is 0 Å². The maximum atomic E-state index is 13.1. The maximum absolute atomic E-state index is 13.1. The minimum absolute atomic E-state index is 0.0325. The predicted octanol–water partition coefficient (Wildman–Crippen LogP) is -3.53. The standard InChI is InChI=1S/C54H88O25/c1-20-29(59)32(62)35(65)45(72-20)78-40-34(64)31(61)24(18-56)74-47(40)76-38-37(67)39(44(70)71)77-48(41(38)79-46-36(66)33(63)30(60)23(17-55)73-46)75-28-12-13-51(6)25(50(28,4)5)11-14-52(7)26(51)10-9-21-22-15-49(2,3)42(68)43(69)54(22,19-57)27(58)16-53(21,52)8/h9,20,22-43,45-48,55-69H,10-19H2,1-8H3,(H,70,71)/t20-,22-,23+,24+,25-,26+,27+,28-,29-,30+,31-,32+,33-,34-,35+,36+,37-,38-,39-,40+,41+,42-,43-,45-,46-,47-,48+,51-,52+,53+,54-/m0/s1. The number of aliphatic hydroxyl groups excluding tert-OH is 15. The Morgan fingerprint density at radius 2 is 1.14 bits per heavy atom. The Hall–Kier alpha value is -1.71. The Morgan fingerprint density at radius 3 is 1.75 bits per heavy atom. The number of carboxylic acid groups (broad SMARTS) is 1. The molecule has 25 nitrogen and oxygen atoms in total. The van der Waals surface area contributed by atoms with Crippen LogP contribution in [0.5, 0.6) is 0 Å². The van der Waals surface area contributed by atoms with Gasteiger partial charge in [-0.05, 0) is 96.7 Å². The molecule has 4 saturated heterocycles. The Kier molecular flexibility index (Phi) is 17.2. The van der Waals surface area contributed by atoms with Crippen LogP contribution in [0.15, 0.2) is 11.6 Å². The Balaban J connectivity index is 1.05. The third-order valence-electron chi connectivity index (χ3n) is 21.8. The van der Waals surface area contributed by atoms with Gasteiger partial charge in [-0.3, -0.25) is 0 Å². The maximum Gasteiger partial charge on any atom is 0.335 e. The molecule has 9 aliphatic rings. The Morgan fingerprint density at radius 1 is 0.582 bits per heavy atom. The van der Waals surface area contributed by atoms with Gasteiger partial charge in [0.05, 0.1) is 55.8 Å². The molecule has 0 aromatic rings. The van der Waals surface area contributed by atoms with Gasteiger partial charge in [-0.2, -0.15) is 0 Å². The SMILES string of the molecule is C[C@@H]1O[C@@H](O[C@H]2[C@H](O[C@H]3[C@H](O)[C@@H](C(=O)O)O[C@@H](O[C@H]4CC[C@]5(C)[C@H]6CC=C7[C@@H]8CC(C)(C)[C@@H](O)[C@H](O)[C@]8(CO)[C@H](O)C[C@@]7(C)[C@]6(C)CC[C@H]5C4(C)C)[C@@H]3O[C@@H]3O[C@H](CO)[C@@H](O)[C@H](O)[C@H]3O)O[C@H](CO)[C@H](O)[C@@H]2O)[C@H](O)[C@H](O)[C@H]1O. The minimum atomic E-state index is -2.26. The average molecular weight is 1140 g/mol. The number of fused-ring (bicyclic) bond motifs is 7. The van der Waals surface area contributed by atoms with Crippen molar-refractivity contribution in [3.05, 3.63) is 11.6 Å². The summed E-state index contributed by atoms with van der Waals surface area (Å²) in [6.07, 6.45) is -36.3. The normalized spacial score (nSPS) is 55.3. The third kappa shape index (κ3) is 9.61. The lowest BCUT2D eigenvalue weighted by Crippen LogP contribution is -2.71. The number of carboxylic acids is 1. The van der Waals surface area contributed by atoms with E-state index in [2.05, 4.69) is 26.8 Å². The quantitative estimate of drug-likeness (QED) is 0.0665. The first kappa shape index (κ1) is 61.8. The average Bonchev–Trinajstić information content (AvgIpc) is 3.40. The van der Waals surface area contributed by atoms with Crippen LogP contribution in [0.3, 0.4) is 0 Å². The highest BCUT2D eigenvalue weighted by Crippen LogP contribution is 2.76. The van der Waals surface area contributed by atoms with Crippen LogP contribution in [0.25, 0.3) is 0 Å². The zero-order valence-electron chi connectivity index (χ0n) is 46.1. The van der Waals surface area contributed by atoms with E-state index >= 15 is 0 Å².